The van der Waals surface area contributed by atoms with Crippen LogP contribution in [0.3, 0.4) is 0 Å². The van der Waals surface area contributed by atoms with Crippen molar-refractivity contribution in [2.24, 2.45) is 0 Å². The minimum absolute atomic E-state index is 0.253. The van der Waals surface area contributed by atoms with Crippen LogP contribution in [0.4, 0.5) is 10.5 Å². The van der Waals surface area contributed by atoms with Crippen molar-refractivity contribution in [1.82, 2.24) is 29.2 Å². The third-order valence-electron chi connectivity index (χ3n) is 8.99. The van der Waals surface area contributed by atoms with Gasteiger partial charge in [-0.3, -0.25) is 4.68 Å². The molecule has 1 unspecified atom stereocenters. The normalized spacial score (nSPS) is 21.4. The van der Waals surface area contributed by atoms with Crippen LogP contribution in [0.5, 0.6) is 0 Å². The van der Waals surface area contributed by atoms with Crippen LogP contribution >= 0.6 is 0 Å². The second-order valence-corrected chi connectivity index (χ2v) is 11.8. The number of ether oxygens (including phenoxy) is 1. The van der Waals surface area contributed by atoms with Gasteiger partial charge in [-0.2, -0.15) is 5.10 Å². The number of likely N-dealkylation sites (tertiary alicyclic amines) is 1. The summed E-state index contributed by atoms with van der Waals surface area (Å²) in [4.78, 5) is 26.4. The summed E-state index contributed by atoms with van der Waals surface area (Å²) < 4.78 is 8.48. The summed E-state index contributed by atoms with van der Waals surface area (Å²) in [6.07, 6.45) is 10.1. The van der Waals surface area contributed by atoms with Crippen molar-refractivity contribution in [3.05, 3.63) is 48.5 Å². The van der Waals surface area contributed by atoms with Gasteiger partial charge in [-0.05, 0) is 76.5 Å². The molecule has 1 atom stereocenters. The van der Waals surface area contributed by atoms with Gasteiger partial charge in [0.2, 0.25) is 0 Å². The number of aliphatic hydroxyl groups is 1. The maximum absolute atomic E-state index is 12.1. The fraction of sp³-hybridized carbons (Fsp3) is 0.467. The Morgan fingerprint density at radius 1 is 1.05 bits per heavy atom. The minimum atomic E-state index is -1.12. The number of benzene rings is 1. The number of fused-ring (bicyclic) bond motifs is 1. The van der Waals surface area contributed by atoms with E-state index in [1.807, 2.05) is 16.9 Å². The van der Waals surface area contributed by atoms with E-state index in [0.29, 0.717) is 28.9 Å². The maximum atomic E-state index is 12.1. The molecule has 11 nitrogen and oxygen atoms in total. The summed E-state index contributed by atoms with van der Waals surface area (Å²) in [6.45, 7) is 5.72. The van der Waals surface area contributed by atoms with Crippen LogP contribution in [0.15, 0.2) is 43.0 Å². The number of carbonyl (C=O) groups is 1. The zero-order valence-electron chi connectivity index (χ0n) is 23.4. The molecular weight excluding hydrogens is 522 g/mol. The SMILES string of the molecule is CC1CCCN1c1cc(-c2cnc3c(n2)c(-c2cnn(C4CCN(C)CC4)c2)cn3C(=O)O)cc(C2(O)COC2)c1. The molecule has 1 aromatic carbocycles. The van der Waals surface area contributed by atoms with Crippen LogP contribution < -0.4 is 4.90 Å². The largest absolute Gasteiger partial charge is 0.464 e. The van der Waals surface area contributed by atoms with Crippen LogP contribution in [0.1, 0.15) is 44.2 Å². The average molecular weight is 558 g/mol. The number of rotatable bonds is 5. The van der Waals surface area contributed by atoms with Crippen LogP contribution in [0, 0.1) is 0 Å². The number of aromatic nitrogens is 5. The lowest BCUT2D eigenvalue weighted by atomic mass is 9.89. The third kappa shape index (κ3) is 4.58. The number of anilines is 1. The Bertz CT molecular complexity index is 1620. The first-order valence-electron chi connectivity index (χ1n) is 14.4. The topological polar surface area (TPSA) is 122 Å². The summed E-state index contributed by atoms with van der Waals surface area (Å²) in [5, 5.41) is 25.8. The Balaban J connectivity index is 1.32. The van der Waals surface area contributed by atoms with Crippen LogP contribution in [-0.2, 0) is 10.3 Å². The first-order chi connectivity index (χ1) is 19.8. The lowest BCUT2D eigenvalue weighted by Crippen LogP contribution is -2.46. The lowest BCUT2D eigenvalue weighted by Gasteiger charge is -2.38. The van der Waals surface area contributed by atoms with Crippen LogP contribution in [0.25, 0.3) is 33.5 Å². The van der Waals surface area contributed by atoms with E-state index >= 15 is 0 Å². The Labute approximate surface area is 238 Å². The van der Waals surface area contributed by atoms with Gasteiger partial charge in [0.1, 0.15) is 11.1 Å². The Morgan fingerprint density at radius 2 is 1.85 bits per heavy atom. The van der Waals surface area contributed by atoms with E-state index in [-0.39, 0.29) is 18.9 Å². The number of nitrogens with zero attached hydrogens (tertiary/aromatic N) is 7. The fourth-order valence-electron chi connectivity index (χ4n) is 6.40. The molecule has 0 spiro atoms. The Hall–Kier alpha value is -3.80. The highest BCUT2D eigenvalue weighted by Gasteiger charge is 2.39. The molecule has 0 radical (unpaired) electrons. The van der Waals surface area contributed by atoms with Gasteiger partial charge in [0.05, 0.1) is 37.3 Å². The molecule has 0 amide bonds. The highest BCUT2D eigenvalue weighted by Crippen LogP contribution is 2.38. The molecule has 6 heterocycles. The van der Waals surface area contributed by atoms with Gasteiger partial charge < -0.3 is 24.7 Å². The van der Waals surface area contributed by atoms with Gasteiger partial charge in [-0.1, -0.05) is 0 Å². The summed E-state index contributed by atoms with van der Waals surface area (Å²) >= 11 is 0. The van der Waals surface area contributed by atoms with Crippen molar-refractivity contribution < 1.29 is 19.7 Å². The first-order valence-corrected chi connectivity index (χ1v) is 14.4. The number of piperidine rings is 1. The van der Waals surface area contributed by atoms with Gasteiger partial charge in [0.25, 0.3) is 0 Å². The van der Waals surface area contributed by atoms with Crippen molar-refractivity contribution in [2.75, 3.05) is 44.8 Å². The van der Waals surface area contributed by atoms with E-state index in [1.54, 1.807) is 18.6 Å². The fourth-order valence-corrected chi connectivity index (χ4v) is 6.40. The van der Waals surface area contributed by atoms with E-state index in [4.69, 9.17) is 9.72 Å². The predicted octanol–water partition coefficient (Wildman–Crippen LogP) is 3.96. The second-order valence-electron chi connectivity index (χ2n) is 11.8. The molecule has 214 valence electrons. The van der Waals surface area contributed by atoms with Gasteiger partial charge in [0.15, 0.2) is 5.65 Å². The van der Waals surface area contributed by atoms with E-state index in [0.717, 1.165) is 72.3 Å². The predicted molar refractivity (Wildman–Crippen MR) is 154 cm³/mol. The molecule has 11 heteroatoms. The Kier molecular flexibility index (Phi) is 6.33. The van der Waals surface area contributed by atoms with Crippen molar-refractivity contribution in [1.29, 1.82) is 0 Å². The van der Waals surface area contributed by atoms with Crippen molar-refractivity contribution in [3.63, 3.8) is 0 Å². The van der Waals surface area contributed by atoms with Gasteiger partial charge in [0, 0.05) is 47.4 Å². The monoisotopic (exact) mass is 557 g/mol. The number of hydrogen-bond acceptors (Lipinski definition) is 8. The maximum Gasteiger partial charge on any atom is 0.417 e. The van der Waals surface area contributed by atoms with Gasteiger partial charge in [-0.25, -0.2) is 19.3 Å². The average Bonchev–Trinajstić information content (AvgIpc) is 3.70. The first kappa shape index (κ1) is 26.1. The van der Waals surface area contributed by atoms with Gasteiger partial charge in [-0.15, -0.1) is 0 Å². The number of hydrogen-bond donors (Lipinski definition) is 2. The molecule has 3 aromatic heterocycles. The summed E-state index contributed by atoms with van der Waals surface area (Å²) in [5.41, 5.74) is 4.48. The highest BCUT2D eigenvalue weighted by molar-refractivity contribution is 5.96. The third-order valence-corrected chi connectivity index (χ3v) is 8.99. The smallest absolute Gasteiger partial charge is 0.417 e. The Morgan fingerprint density at radius 3 is 2.54 bits per heavy atom. The molecule has 3 aliphatic heterocycles. The van der Waals surface area contributed by atoms with Crippen LogP contribution in [-0.4, -0.2) is 91.5 Å². The molecule has 41 heavy (non-hydrogen) atoms. The zero-order valence-corrected chi connectivity index (χ0v) is 23.4. The zero-order chi connectivity index (χ0) is 28.3. The molecule has 2 N–H and O–H groups in total. The van der Waals surface area contributed by atoms with Crippen LogP contribution in [0.2, 0.25) is 0 Å². The lowest BCUT2D eigenvalue weighted by molar-refractivity contribution is -0.184. The van der Waals surface area contributed by atoms with E-state index in [1.165, 1.54) is 0 Å². The quantitative estimate of drug-likeness (QED) is 0.375. The summed E-state index contributed by atoms with van der Waals surface area (Å²) in [6, 6.07) is 6.81. The minimum Gasteiger partial charge on any atom is -0.464 e. The molecule has 3 saturated heterocycles. The van der Waals surface area contributed by atoms with Crippen molar-refractivity contribution in [3.8, 4) is 22.4 Å². The molecular formula is C30H35N7O4. The molecule has 7 rings (SSSR count). The van der Waals surface area contributed by atoms with E-state index in [9.17, 15) is 15.0 Å². The molecule has 0 bridgehead atoms. The number of carboxylic acid groups (broad SMARTS) is 1. The highest BCUT2D eigenvalue weighted by atomic mass is 16.5. The molecule has 3 fully saturated rings. The summed E-state index contributed by atoms with van der Waals surface area (Å²) in [5.74, 6) is 0. The summed E-state index contributed by atoms with van der Waals surface area (Å²) in [7, 11) is 2.13. The standard InChI is InChI=1S/C30H35N7O4/c1-19-4-3-7-35(19)24-11-20(10-22(12-24)30(40)17-41-18-30)26-14-31-28-27(33-26)25(16-36(28)29(38)39)21-13-32-37(15-21)23-5-8-34(2)9-6-23/h10-16,19,23,40H,3-9,17-18H2,1-2H3,(H,38,39). The molecule has 0 aliphatic carbocycles. The van der Waals surface area contributed by atoms with E-state index < -0.39 is 11.7 Å². The molecule has 3 aliphatic rings. The van der Waals surface area contributed by atoms with Crippen molar-refractivity contribution in [2.45, 2.75) is 50.3 Å². The second kappa shape index (κ2) is 9.93. The van der Waals surface area contributed by atoms with E-state index in [2.05, 4.69) is 46.0 Å². The van der Waals surface area contributed by atoms with Gasteiger partial charge >= 0.3 is 6.09 Å². The molecule has 4 aromatic rings. The van der Waals surface area contributed by atoms with Crippen molar-refractivity contribution >= 4 is 22.9 Å². The molecule has 0 saturated carbocycles.